The Kier molecular flexibility index (Phi) is 4.24. The fourth-order valence-corrected chi connectivity index (χ4v) is 2.03. The van der Waals surface area contributed by atoms with E-state index in [-0.39, 0.29) is 5.97 Å². The molecular weight excluding hydrogens is 363 g/mol. The molecule has 2 aromatic rings. The highest BCUT2D eigenvalue weighted by molar-refractivity contribution is 14.1. The Hall–Kier alpha value is -1.07. The van der Waals surface area contributed by atoms with E-state index in [0.29, 0.717) is 16.3 Å². The average Bonchev–Trinajstić information content (AvgIpc) is 2.35. The van der Waals surface area contributed by atoms with Crippen LogP contribution >= 0.6 is 34.2 Å². The van der Waals surface area contributed by atoms with Crippen LogP contribution in [0.25, 0.3) is 0 Å². The number of hydrogen-bond acceptors (Lipinski definition) is 2. The van der Waals surface area contributed by atoms with Crippen LogP contribution in [0.3, 0.4) is 0 Å². The predicted octanol–water partition coefficient (Wildman–Crippen LogP) is 4.47. The molecule has 0 aliphatic carbocycles. The molecule has 0 N–H and O–H groups in total. The van der Waals surface area contributed by atoms with Gasteiger partial charge >= 0.3 is 5.97 Å². The summed E-state index contributed by atoms with van der Waals surface area (Å²) in [5.41, 5.74) is 1.68. The molecule has 2 rings (SSSR count). The third kappa shape index (κ3) is 3.23. The molecule has 18 heavy (non-hydrogen) atoms. The zero-order valence-electron chi connectivity index (χ0n) is 9.61. The van der Waals surface area contributed by atoms with Gasteiger partial charge in [0.25, 0.3) is 0 Å². The van der Waals surface area contributed by atoms with Gasteiger partial charge in [0.2, 0.25) is 0 Å². The Morgan fingerprint density at radius 1 is 1.17 bits per heavy atom. The first-order valence-corrected chi connectivity index (χ1v) is 6.76. The van der Waals surface area contributed by atoms with Gasteiger partial charge in [-0.05, 0) is 71.5 Å². The first kappa shape index (κ1) is 13.4. The van der Waals surface area contributed by atoms with Crippen molar-refractivity contribution in [1.82, 2.24) is 0 Å². The van der Waals surface area contributed by atoms with Crippen LogP contribution < -0.4 is 4.74 Å². The number of halogens is 2. The average molecular weight is 373 g/mol. The van der Waals surface area contributed by atoms with Crippen molar-refractivity contribution in [2.45, 2.75) is 6.92 Å². The summed E-state index contributed by atoms with van der Waals surface area (Å²) in [7, 11) is 0. The molecule has 0 heterocycles. The normalized spacial score (nSPS) is 10.2. The molecule has 0 fully saturated rings. The van der Waals surface area contributed by atoms with Crippen molar-refractivity contribution >= 4 is 40.2 Å². The quantitative estimate of drug-likeness (QED) is 0.442. The van der Waals surface area contributed by atoms with E-state index in [4.69, 9.17) is 16.3 Å². The van der Waals surface area contributed by atoms with Gasteiger partial charge in [0, 0.05) is 8.59 Å². The van der Waals surface area contributed by atoms with E-state index in [9.17, 15) is 4.79 Å². The lowest BCUT2D eigenvalue weighted by Crippen LogP contribution is -2.08. The van der Waals surface area contributed by atoms with Crippen LogP contribution in [0.1, 0.15) is 15.9 Å². The molecular formula is C14H10ClIO2. The molecule has 0 unspecified atom stereocenters. The molecule has 0 spiro atoms. The number of carbonyl (C=O) groups is 1. The summed E-state index contributed by atoms with van der Waals surface area (Å²) in [6.45, 7) is 2.00. The first-order chi connectivity index (χ1) is 8.56. The molecule has 0 radical (unpaired) electrons. The zero-order chi connectivity index (χ0) is 13.1. The van der Waals surface area contributed by atoms with Gasteiger partial charge < -0.3 is 4.74 Å². The van der Waals surface area contributed by atoms with E-state index in [1.54, 1.807) is 30.3 Å². The molecule has 0 atom stereocenters. The number of benzene rings is 2. The van der Waals surface area contributed by atoms with Crippen molar-refractivity contribution in [1.29, 1.82) is 0 Å². The third-order valence-electron chi connectivity index (χ3n) is 2.43. The number of ether oxygens (including phenoxy) is 1. The van der Waals surface area contributed by atoms with Crippen LogP contribution in [0.15, 0.2) is 42.5 Å². The molecule has 4 heteroatoms. The lowest BCUT2D eigenvalue weighted by Gasteiger charge is -2.05. The lowest BCUT2D eigenvalue weighted by atomic mass is 10.1. The van der Waals surface area contributed by atoms with Crippen molar-refractivity contribution in [2.24, 2.45) is 0 Å². The Bertz CT molecular complexity index is 579. The van der Waals surface area contributed by atoms with Gasteiger partial charge in [0.15, 0.2) is 0 Å². The summed E-state index contributed by atoms with van der Waals surface area (Å²) in [6, 6.07) is 12.2. The molecule has 0 bridgehead atoms. The summed E-state index contributed by atoms with van der Waals surface area (Å²) >= 11 is 7.96. The third-order valence-corrected chi connectivity index (χ3v) is 3.85. The van der Waals surface area contributed by atoms with E-state index < -0.39 is 0 Å². The number of aryl methyl sites for hydroxylation is 1. The molecule has 2 aromatic carbocycles. The molecule has 0 saturated heterocycles. The second kappa shape index (κ2) is 5.71. The van der Waals surface area contributed by atoms with Crippen LogP contribution in [0.5, 0.6) is 5.75 Å². The Labute approximate surface area is 124 Å². The highest BCUT2D eigenvalue weighted by Crippen LogP contribution is 2.18. The van der Waals surface area contributed by atoms with Crippen LogP contribution in [0.2, 0.25) is 5.02 Å². The standard InChI is InChI=1S/C14H10ClIO2/c1-9-2-3-10(8-13(9)16)14(17)18-12-6-4-11(15)5-7-12/h2-8H,1H3. The molecule has 2 nitrogen and oxygen atoms in total. The lowest BCUT2D eigenvalue weighted by molar-refractivity contribution is 0.0734. The van der Waals surface area contributed by atoms with Crippen molar-refractivity contribution in [3.05, 3.63) is 62.2 Å². The molecule has 0 aliphatic heterocycles. The first-order valence-electron chi connectivity index (χ1n) is 5.30. The fourth-order valence-electron chi connectivity index (χ4n) is 1.39. The highest BCUT2D eigenvalue weighted by atomic mass is 127. The van der Waals surface area contributed by atoms with Crippen LogP contribution in [-0.4, -0.2) is 5.97 Å². The van der Waals surface area contributed by atoms with Crippen molar-refractivity contribution in [3.63, 3.8) is 0 Å². The van der Waals surface area contributed by atoms with Crippen molar-refractivity contribution in [3.8, 4) is 5.75 Å². The smallest absolute Gasteiger partial charge is 0.343 e. The second-order valence-corrected chi connectivity index (χ2v) is 5.41. The van der Waals surface area contributed by atoms with Gasteiger partial charge in [0.05, 0.1) is 5.56 Å². The van der Waals surface area contributed by atoms with Gasteiger partial charge in [-0.25, -0.2) is 4.79 Å². The minimum atomic E-state index is -0.366. The number of esters is 1. The monoisotopic (exact) mass is 372 g/mol. The molecule has 0 saturated carbocycles. The van der Waals surface area contributed by atoms with E-state index in [1.807, 2.05) is 19.1 Å². The van der Waals surface area contributed by atoms with E-state index in [0.717, 1.165) is 9.13 Å². The van der Waals surface area contributed by atoms with E-state index >= 15 is 0 Å². The van der Waals surface area contributed by atoms with Gasteiger partial charge in [0.1, 0.15) is 5.75 Å². The molecule has 0 aliphatic rings. The van der Waals surface area contributed by atoms with Crippen LogP contribution in [0.4, 0.5) is 0 Å². The second-order valence-electron chi connectivity index (χ2n) is 3.81. The van der Waals surface area contributed by atoms with Gasteiger partial charge in [-0.3, -0.25) is 0 Å². The van der Waals surface area contributed by atoms with E-state index in [1.165, 1.54) is 0 Å². The Morgan fingerprint density at radius 3 is 2.44 bits per heavy atom. The summed E-state index contributed by atoms with van der Waals surface area (Å²) in [5.74, 6) is 0.121. The number of carbonyl (C=O) groups excluding carboxylic acids is 1. The SMILES string of the molecule is Cc1ccc(C(=O)Oc2ccc(Cl)cc2)cc1I. The minimum Gasteiger partial charge on any atom is -0.423 e. The Morgan fingerprint density at radius 2 is 1.83 bits per heavy atom. The van der Waals surface area contributed by atoms with Gasteiger partial charge in [-0.15, -0.1) is 0 Å². The summed E-state index contributed by atoms with van der Waals surface area (Å²) < 4.78 is 6.29. The zero-order valence-corrected chi connectivity index (χ0v) is 12.5. The minimum absolute atomic E-state index is 0.366. The topological polar surface area (TPSA) is 26.3 Å². The molecule has 92 valence electrons. The fraction of sp³-hybridized carbons (Fsp3) is 0.0714. The van der Waals surface area contributed by atoms with Gasteiger partial charge in [-0.2, -0.15) is 0 Å². The largest absolute Gasteiger partial charge is 0.423 e. The predicted molar refractivity (Wildman–Crippen MR) is 80.3 cm³/mol. The summed E-state index contributed by atoms with van der Waals surface area (Å²) in [4.78, 5) is 11.9. The summed E-state index contributed by atoms with van der Waals surface area (Å²) in [5, 5.41) is 0.611. The molecule has 0 amide bonds. The van der Waals surface area contributed by atoms with Crippen LogP contribution in [-0.2, 0) is 0 Å². The maximum absolute atomic E-state index is 11.9. The van der Waals surface area contributed by atoms with Crippen molar-refractivity contribution < 1.29 is 9.53 Å². The maximum atomic E-state index is 11.9. The van der Waals surface area contributed by atoms with Gasteiger partial charge in [-0.1, -0.05) is 17.7 Å². The maximum Gasteiger partial charge on any atom is 0.343 e. The summed E-state index contributed by atoms with van der Waals surface area (Å²) in [6.07, 6.45) is 0. The molecule has 0 aromatic heterocycles. The van der Waals surface area contributed by atoms with E-state index in [2.05, 4.69) is 22.6 Å². The van der Waals surface area contributed by atoms with Crippen molar-refractivity contribution in [2.75, 3.05) is 0 Å². The van der Waals surface area contributed by atoms with Crippen LogP contribution in [0, 0.1) is 10.5 Å². The number of hydrogen-bond donors (Lipinski definition) is 0. The number of rotatable bonds is 2. The Balaban J connectivity index is 2.16. The highest BCUT2D eigenvalue weighted by Gasteiger charge is 2.09.